The van der Waals surface area contributed by atoms with Crippen molar-refractivity contribution in [3.05, 3.63) is 40.5 Å². The van der Waals surface area contributed by atoms with Crippen LogP contribution in [0.15, 0.2) is 34.9 Å². The molecule has 1 aliphatic rings. The molecule has 1 heterocycles. The number of carbonyl (C=O) groups is 1. The van der Waals surface area contributed by atoms with E-state index >= 15 is 0 Å². The Balaban J connectivity index is 2.40. The van der Waals surface area contributed by atoms with Crippen LogP contribution in [0.2, 0.25) is 0 Å². The molecule has 1 aromatic rings. The molecule has 0 aliphatic carbocycles. The molecule has 108 valence electrons. The van der Waals surface area contributed by atoms with Crippen molar-refractivity contribution in [2.75, 3.05) is 7.11 Å². The van der Waals surface area contributed by atoms with Crippen molar-refractivity contribution in [1.82, 2.24) is 0 Å². The number of Topliss-reactive ketones (excluding diaryl/α,β-unsaturated/α-hetero) is 1. The molecule has 2 rings (SSSR count). The number of methoxy groups -OCH3 is 1. The SMILES string of the molecule is COc1ccc([C@H]2[C@H](C)OC(C)=C(C(C)=O)S2=O)cc1. The molecule has 1 aliphatic heterocycles. The Kier molecular flexibility index (Phi) is 4.28. The van der Waals surface area contributed by atoms with Gasteiger partial charge in [0.05, 0.1) is 17.9 Å². The lowest BCUT2D eigenvalue weighted by Gasteiger charge is -2.31. The van der Waals surface area contributed by atoms with Crippen molar-refractivity contribution in [2.45, 2.75) is 32.1 Å². The van der Waals surface area contributed by atoms with Crippen molar-refractivity contribution in [3.8, 4) is 5.75 Å². The second-order valence-electron chi connectivity index (χ2n) is 4.76. The van der Waals surface area contributed by atoms with Crippen LogP contribution >= 0.6 is 0 Å². The number of rotatable bonds is 3. The topological polar surface area (TPSA) is 52.6 Å². The Morgan fingerprint density at radius 3 is 2.40 bits per heavy atom. The van der Waals surface area contributed by atoms with Gasteiger partial charge in [-0.3, -0.25) is 9.00 Å². The fraction of sp³-hybridized carbons (Fsp3) is 0.400. The summed E-state index contributed by atoms with van der Waals surface area (Å²) in [6.45, 7) is 4.98. The highest BCUT2D eigenvalue weighted by Gasteiger charge is 2.36. The fourth-order valence-corrected chi connectivity index (χ4v) is 4.09. The molecule has 0 radical (unpaired) electrons. The third-order valence-corrected chi connectivity index (χ3v) is 5.40. The molecule has 0 fully saturated rings. The quantitative estimate of drug-likeness (QED) is 0.860. The van der Waals surface area contributed by atoms with Crippen LogP contribution in [-0.2, 0) is 20.3 Å². The number of ether oxygens (including phenoxy) is 2. The van der Waals surface area contributed by atoms with E-state index in [2.05, 4.69) is 0 Å². The van der Waals surface area contributed by atoms with Crippen molar-refractivity contribution in [3.63, 3.8) is 0 Å². The summed E-state index contributed by atoms with van der Waals surface area (Å²) in [6.07, 6.45) is -0.243. The van der Waals surface area contributed by atoms with Gasteiger partial charge in [-0.2, -0.15) is 0 Å². The van der Waals surface area contributed by atoms with E-state index in [1.54, 1.807) is 14.0 Å². The first-order chi connectivity index (χ1) is 9.45. The molecule has 0 saturated carbocycles. The second-order valence-corrected chi connectivity index (χ2v) is 6.27. The summed E-state index contributed by atoms with van der Waals surface area (Å²) in [5.74, 6) is 1.00. The first-order valence-electron chi connectivity index (χ1n) is 6.38. The van der Waals surface area contributed by atoms with Crippen LogP contribution in [0.1, 0.15) is 31.6 Å². The van der Waals surface area contributed by atoms with Gasteiger partial charge >= 0.3 is 0 Å². The highest BCUT2D eigenvalue weighted by molar-refractivity contribution is 7.90. The van der Waals surface area contributed by atoms with Gasteiger partial charge in [0.25, 0.3) is 0 Å². The van der Waals surface area contributed by atoms with E-state index in [4.69, 9.17) is 9.47 Å². The van der Waals surface area contributed by atoms with Crippen molar-refractivity contribution in [2.24, 2.45) is 0 Å². The maximum Gasteiger partial charge on any atom is 0.172 e. The summed E-state index contributed by atoms with van der Waals surface area (Å²) in [4.78, 5) is 11.9. The summed E-state index contributed by atoms with van der Waals surface area (Å²) in [7, 11) is 0.195. The largest absolute Gasteiger partial charge is 0.497 e. The fourth-order valence-electron chi connectivity index (χ4n) is 2.41. The summed E-state index contributed by atoms with van der Waals surface area (Å²) in [5.41, 5.74) is 0.878. The van der Waals surface area contributed by atoms with Crippen LogP contribution in [0, 0.1) is 0 Å². The Bertz CT molecular complexity index is 574. The van der Waals surface area contributed by atoms with Gasteiger partial charge in [-0.1, -0.05) is 12.1 Å². The van der Waals surface area contributed by atoms with E-state index in [0.29, 0.717) is 5.76 Å². The van der Waals surface area contributed by atoms with Crippen LogP contribution in [0.25, 0.3) is 0 Å². The Morgan fingerprint density at radius 2 is 1.90 bits per heavy atom. The number of allylic oxidation sites excluding steroid dienone is 2. The van der Waals surface area contributed by atoms with Gasteiger partial charge in [0, 0.05) is 0 Å². The van der Waals surface area contributed by atoms with Crippen LogP contribution in [0.3, 0.4) is 0 Å². The van der Waals surface area contributed by atoms with E-state index in [-0.39, 0.29) is 22.0 Å². The van der Waals surface area contributed by atoms with E-state index in [1.165, 1.54) is 6.92 Å². The molecular weight excluding hydrogens is 276 g/mol. The monoisotopic (exact) mass is 294 g/mol. The average molecular weight is 294 g/mol. The zero-order valence-electron chi connectivity index (χ0n) is 12.0. The number of benzene rings is 1. The molecule has 1 unspecified atom stereocenters. The van der Waals surface area contributed by atoms with Gasteiger partial charge in [-0.05, 0) is 38.5 Å². The van der Waals surface area contributed by atoms with Crippen LogP contribution < -0.4 is 4.74 Å². The molecule has 0 bridgehead atoms. The predicted octanol–water partition coefficient (Wildman–Crippen LogP) is 2.72. The van der Waals surface area contributed by atoms with Gasteiger partial charge in [0.15, 0.2) is 5.78 Å². The normalized spacial score (nSPS) is 26.1. The Hall–Kier alpha value is -1.62. The minimum Gasteiger partial charge on any atom is -0.497 e. The zero-order valence-corrected chi connectivity index (χ0v) is 12.8. The predicted molar refractivity (Wildman–Crippen MR) is 77.8 cm³/mol. The number of ketones is 1. The summed E-state index contributed by atoms with van der Waals surface area (Å²) >= 11 is 0. The number of carbonyl (C=O) groups excluding carboxylic acids is 1. The van der Waals surface area contributed by atoms with E-state index in [0.717, 1.165) is 11.3 Å². The Morgan fingerprint density at radius 1 is 1.30 bits per heavy atom. The molecular formula is C15H18O4S. The molecule has 4 nitrogen and oxygen atoms in total. The molecule has 0 aromatic heterocycles. The third kappa shape index (κ3) is 2.63. The van der Waals surface area contributed by atoms with Crippen LogP contribution in [0.5, 0.6) is 5.75 Å². The van der Waals surface area contributed by atoms with Gasteiger partial charge in [-0.15, -0.1) is 0 Å². The number of hydrogen-bond acceptors (Lipinski definition) is 4. The van der Waals surface area contributed by atoms with E-state index < -0.39 is 10.8 Å². The smallest absolute Gasteiger partial charge is 0.172 e. The van der Waals surface area contributed by atoms with Crippen molar-refractivity contribution >= 4 is 16.6 Å². The lowest BCUT2D eigenvalue weighted by molar-refractivity contribution is -0.113. The summed E-state index contributed by atoms with van der Waals surface area (Å²) in [6, 6.07) is 7.36. The molecule has 1 aromatic carbocycles. The van der Waals surface area contributed by atoms with Gasteiger partial charge < -0.3 is 9.47 Å². The molecule has 0 spiro atoms. The second kappa shape index (κ2) is 5.79. The minimum atomic E-state index is -1.40. The Labute approximate surface area is 121 Å². The molecule has 0 saturated heterocycles. The summed E-state index contributed by atoms with van der Waals surface area (Å²) in [5, 5.41) is -0.344. The highest BCUT2D eigenvalue weighted by atomic mass is 32.2. The van der Waals surface area contributed by atoms with Crippen LogP contribution in [0.4, 0.5) is 0 Å². The van der Waals surface area contributed by atoms with Crippen molar-refractivity contribution in [1.29, 1.82) is 0 Å². The van der Waals surface area contributed by atoms with E-state index in [1.807, 2.05) is 31.2 Å². The molecule has 20 heavy (non-hydrogen) atoms. The van der Waals surface area contributed by atoms with Gasteiger partial charge in [0.2, 0.25) is 0 Å². The molecule has 0 amide bonds. The zero-order chi connectivity index (χ0) is 14.9. The summed E-state index contributed by atoms with van der Waals surface area (Å²) < 4.78 is 23.5. The first-order valence-corrected chi connectivity index (χ1v) is 7.60. The molecule has 5 heteroatoms. The van der Waals surface area contributed by atoms with Gasteiger partial charge in [0.1, 0.15) is 27.8 Å². The third-order valence-electron chi connectivity index (χ3n) is 3.30. The standard InChI is InChI=1S/C15H18O4S/c1-9(16)14-10(2)19-11(3)15(20(14)17)12-5-7-13(18-4)8-6-12/h5-8,11,15H,1-4H3/t11-,15+,20?/m0/s1. The lowest BCUT2D eigenvalue weighted by atomic mass is 10.1. The van der Waals surface area contributed by atoms with Gasteiger partial charge in [-0.25, -0.2) is 0 Å². The van der Waals surface area contributed by atoms with E-state index in [9.17, 15) is 9.00 Å². The van der Waals surface area contributed by atoms with Crippen LogP contribution in [-0.4, -0.2) is 23.2 Å². The van der Waals surface area contributed by atoms with Crippen molar-refractivity contribution < 1.29 is 18.5 Å². The maximum atomic E-state index is 12.7. The number of hydrogen-bond donors (Lipinski definition) is 0. The average Bonchev–Trinajstić information content (AvgIpc) is 2.38. The molecule has 0 N–H and O–H groups in total. The maximum absolute atomic E-state index is 12.7. The molecule has 3 atom stereocenters. The highest BCUT2D eigenvalue weighted by Crippen LogP contribution is 2.37. The minimum absolute atomic E-state index is 0.203. The first kappa shape index (κ1) is 14.8. The lowest BCUT2D eigenvalue weighted by Crippen LogP contribution is -2.30.